The molecule has 0 aromatic heterocycles. The van der Waals surface area contributed by atoms with Crippen LogP contribution in [0.1, 0.15) is 35.7 Å². The van der Waals surface area contributed by atoms with Crippen molar-refractivity contribution in [1.82, 2.24) is 5.32 Å². The number of hydrogen-bond donors (Lipinski definition) is 1. The number of hydrogen-bond acceptors (Lipinski definition) is 3. The highest BCUT2D eigenvalue weighted by atomic mass is 16.5. The molecule has 0 aliphatic rings. The lowest BCUT2D eigenvalue weighted by Gasteiger charge is -2.15. The Morgan fingerprint density at radius 3 is 2.39 bits per heavy atom. The summed E-state index contributed by atoms with van der Waals surface area (Å²) in [6.07, 6.45) is 0.886. The summed E-state index contributed by atoms with van der Waals surface area (Å²) in [7, 11) is 1.34. The van der Waals surface area contributed by atoms with Crippen LogP contribution in [0, 0.1) is 6.92 Å². The van der Waals surface area contributed by atoms with Crippen molar-refractivity contribution in [3.8, 4) is 0 Å². The third kappa shape index (κ3) is 4.20. The first-order valence-electron chi connectivity index (χ1n) is 6.01. The van der Waals surface area contributed by atoms with E-state index in [2.05, 4.69) is 10.1 Å². The number of carbonyl (C=O) groups excluding carboxylic acids is 2. The Morgan fingerprint density at radius 2 is 1.89 bits per heavy atom. The summed E-state index contributed by atoms with van der Waals surface area (Å²) < 4.78 is 4.60. The van der Waals surface area contributed by atoms with Crippen LogP contribution in [0.25, 0.3) is 0 Å². The maximum atomic E-state index is 11.9. The first-order chi connectivity index (χ1) is 8.56. The first-order valence-corrected chi connectivity index (χ1v) is 6.01. The van der Waals surface area contributed by atoms with E-state index < -0.39 is 0 Å². The van der Waals surface area contributed by atoms with E-state index in [1.807, 2.05) is 26.0 Å². The molecule has 0 aliphatic carbocycles. The molecule has 4 nitrogen and oxygen atoms in total. The highest BCUT2D eigenvalue weighted by Crippen LogP contribution is 2.05. The predicted molar refractivity (Wildman–Crippen MR) is 69.4 cm³/mol. The van der Waals surface area contributed by atoms with Crippen molar-refractivity contribution >= 4 is 11.9 Å². The summed E-state index contributed by atoms with van der Waals surface area (Å²) in [5.74, 6) is -0.475. The summed E-state index contributed by atoms with van der Waals surface area (Å²) in [5.41, 5.74) is 1.71. The highest BCUT2D eigenvalue weighted by Gasteiger charge is 2.15. The zero-order valence-corrected chi connectivity index (χ0v) is 11.0. The van der Waals surface area contributed by atoms with Crippen LogP contribution < -0.4 is 5.32 Å². The molecule has 1 aromatic rings. The number of amides is 1. The van der Waals surface area contributed by atoms with E-state index >= 15 is 0 Å². The topological polar surface area (TPSA) is 55.4 Å². The molecular formula is C14H19NO3. The molecule has 0 spiro atoms. The maximum Gasteiger partial charge on any atom is 0.307 e. The van der Waals surface area contributed by atoms with E-state index in [1.165, 1.54) is 7.11 Å². The molecule has 1 unspecified atom stereocenters. The van der Waals surface area contributed by atoms with Crippen LogP contribution in [0.4, 0.5) is 0 Å². The van der Waals surface area contributed by atoms with Crippen LogP contribution in [0.2, 0.25) is 0 Å². The Hall–Kier alpha value is -1.84. The Balaban J connectivity index is 2.61. The van der Waals surface area contributed by atoms with E-state index in [-0.39, 0.29) is 24.3 Å². The molecule has 0 aliphatic heterocycles. The Morgan fingerprint density at radius 1 is 1.28 bits per heavy atom. The third-order valence-electron chi connectivity index (χ3n) is 2.78. The standard InChI is InChI=1S/C14H19NO3/c1-4-12(9-13(16)18-3)15-14(17)11-7-5-10(2)6-8-11/h5-8,12H,4,9H2,1-3H3,(H,15,17). The second kappa shape index (κ2) is 6.79. The van der Waals surface area contributed by atoms with Gasteiger partial charge in [0.1, 0.15) is 0 Å². The number of carbonyl (C=O) groups is 2. The van der Waals surface area contributed by atoms with Crippen LogP contribution >= 0.6 is 0 Å². The molecule has 1 atom stereocenters. The number of rotatable bonds is 5. The van der Waals surface area contributed by atoms with Gasteiger partial charge in [0.25, 0.3) is 5.91 Å². The fraction of sp³-hybridized carbons (Fsp3) is 0.429. The molecule has 1 amide bonds. The smallest absolute Gasteiger partial charge is 0.307 e. The van der Waals surface area contributed by atoms with Gasteiger partial charge in [-0.05, 0) is 25.5 Å². The van der Waals surface area contributed by atoms with Gasteiger partial charge in [-0.3, -0.25) is 9.59 Å². The third-order valence-corrected chi connectivity index (χ3v) is 2.78. The molecule has 0 bridgehead atoms. The van der Waals surface area contributed by atoms with Crippen LogP contribution in [0.5, 0.6) is 0 Å². The second-order valence-electron chi connectivity index (χ2n) is 4.22. The number of benzene rings is 1. The van der Waals surface area contributed by atoms with Gasteiger partial charge in [-0.25, -0.2) is 0 Å². The van der Waals surface area contributed by atoms with Gasteiger partial charge in [-0.2, -0.15) is 0 Å². The summed E-state index contributed by atoms with van der Waals surface area (Å²) in [6.45, 7) is 3.89. The minimum atomic E-state index is -0.314. The van der Waals surface area contributed by atoms with E-state index in [9.17, 15) is 9.59 Å². The second-order valence-corrected chi connectivity index (χ2v) is 4.22. The molecule has 0 heterocycles. The van der Waals surface area contributed by atoms with Crippen molar-refractivity contribution in [3.63, 3.8) is 0 Å². The van der Waals surface area contributed by atoms with Gasteiger partial charge in [-0.15, -0.1) is 0 Å². The van der Waals surface area contributed by atoms with E-state index in [1.54, 1.807) is 12.1 Å². The fourth-order valence-electron chi connectivity index (χ4n) is 1.56. The Labute approximate surface area is 107 Å². The lowest BCUT2D eigenvalue weighted by Crippen LogP contribution is -2.36. The molecule has 4 heteroatoms. The first kappa shape index (κ1) is 14.2. The molecule has 1 rings (SSSR count). The predicted octanol–water partition coefficient (Wildman–Crippen LogP) is 2.07. The molecule has 0 saturated heterocycles. The van der Waals surface area contributed by atoms with Crippen molar-refractivity contribution in [2.24, 2.45) is 0 Å². The van der Waals surface area contributed by atoms with Gasteiger partial charge in [0, 0.05) is 11.6 Å². The zero-order chi connectivity index (χ0) is 13.5. The molecule has 1 N–H and O–H groups in total. The van der Waals surface area contributed by atoms with Crippen LogP contribution in [-0.2, 0) is 9.53 Å². The largest absolute Gasteiger partial charge is 0.469 e. The van der Waals surface area contributed by atoms with Gasteiger partial charge in [0.05, 0.1) is 13.5 Å². The van der Waals surface area contributed by atoms with E-state index in [0.29, 0.717) is 12.0 Å². The van der Waals surface area contributed by atoms with Crippen molar-refractivity contribution < 1.29 is 14.3 Å². The SMILES string of the molecule is CCC(CC(=O)OC)NC(=O)c1ccc(C)cc1. The number of esters is 1. The van der Waals surface area contributed by atoms with Crippen molar-refractivity contribution in [2.45, 2.75) is 32.7 Å². The van der Waals surface area contributed by atoms with Gasteiger partial charge < -0.3 is 10.1 Å². The fourth-order valence-corrected chi connectivity index (χ4v) is 1.56. The molecule has 0 fully saturated rings. The summed E-state index contributed by atoms with van der Waals surface area (Å²) >= 11 is 0. The molecule has 0 saturated carbocycles. The van der Waals surface area contributed by atoms with Gasteiger partial charge in [-0.1, -0.05) is 24.6 Å². The maximum absolute atomic E-state index is 11.9. The highest BCUT2D eigenvalue weighted by molar-refractivity contribution is 5.94. The summed E-state index contributed by atoms with van der Waals surface area (Å²) in [5, 5.41) is 2.83. The van der Waals surface area contributed by atoms with E-state index in [0.717, 1.165) is 5.56 Å². The van der Waals surface area contributed by atoms with Gasteiger partial charge in [0.2, 0.25) is 0 Å². The van der Waals surface area contributed by atoms with Gasteiger partial charge >= 0.3 is 5.97 Å². The Bertz CT molecular complexity index is 412. The van der Waals surface area contributed by atoms with Crippen LogP contribution in [-0.4, -0.2) is 25.0 Å². The number of aryl methyl sites for hydroxylation is 1. The number of nitrogens with one attached hydrogen (secondary N) is 1. The monoisotopic (exact) mass is 249 g/mol. The molecule has 18 heavy (non-hydrogen) atoms. The average Bonchev–Trinajstić information content (AvgIpc) is 2.38. The number of ether oxygens (including phenoxy) is 1. The molecular weight excluding hydrogens is 230 g/mol. The summed E-state index contributed by atoms with van der Waals surface area (Å²) in [4.78, 5) is 23.1. The normalized spacial score (nSPS) is 11.7. The molecule has 0 radical (unpaired) electrons. The van der Waals surface area contributed by atoms with Crippen LogP contribution in [0.15, 0.2) is 24.3 Å². The number of methoxy groups -OCH3 is 1. The van der Waals surface area contributed by atoms with Crippen molar-refractivity contribution in [2.75, 3.05) is 7.11 Å². The minimum absolute atomic E-state index is 0.161. The quantitative estimate of drug-likeness (QED) is 0.813. The van der Waals surface area contributed by atoms with Crippen molar-refractivity contribution in [1.29, 1.82) is 0 Å². The van der Waals surface area contributed by atoms with E-state index in [4.69, 9.17) is 0 Å². The van der Waals surface area contributed by atoms with Crippen LogP contribution in [0.3, 0.4) is 0 Å². The lowest BCUT2D eigenvalue weighted by atomic mass is 10.1. The summed E-state index contributed by atoms with van der Waals surface area (Å²) in [6, 6.07) is 7.13. The molecule has 98 valence electrons. The molecule has 1 aromatic carbocycles. The van der Waals surface area contributed by atoms with Gasteiger partial charge in [0.15, 0.2) is 0 Å². The zero-order valence-electron chi connectivity index (χ0n) is 11.0. The average molecular weight is 249 g/mol. The Kier molecular flexibility index (Phi) is 5.36. The minimum Gasteiger partial charge on any atom is -0.469 e. The van der Waals surface area contributed by atoms with Crippen molar-refractivity contribution in [3.05, 3.63) is 35.4 Å². The lowest BCUT2D eigenvalue weighted by molar-refractivity contribution is -0.141.